The van der Waals surface area contributed by atoms with Gasteiger partial charge in [-0.05, 0) is 29.7 Å². The van der Waals surface area contributed by atoms with Gasteiger partial charge in [0.15, 0.2) is 4.91 Å². The number of sulfone groups is 1. The predicted octanol–water partition coefficient (Wildman–Crippen LogP) is 3.09. The van der Waals surface area contributed by atoms with E-state index in [2.05, 4.69) is 0 Å². The molecule has 0 saturated carbocycles. The van der Waals surface area contributed by atoms with Gasteiger partial charge in [0, 0.05) is 4.88 Å². The van der Waals surface area contributed by atoms with Crippen LogP contribution in [0.25, 0.3) is 6.08 Å². The number of rotatable bonds is 3. The summed E-state index contributed by atoms with van der Waals surface area (Å²) in [6.45, 7) is 0. The zero-order valence-corrected chi connectivity index (χ0v) is 10.9. The highest BCUT2D eigenvalue weighted by Crippen LogP contribution is 2.22. The molecular formula is C13H9NO2S2. The fraction of sp³-hybridized carbons (Fsp3) is 0. The fourth-order valence-electron chi connectivity index (χ4n) is 1.40. The Labute approximate surface area is 110 Å². The summed E-state index contributed by atoms with van der Waals surface area (Å²) in [5.74, 6) is 0. The van der Waals surface area contributed by atoms with E-state index in [1.807, 2.05) is 5.38 Å². The normalized spacial score (nSPS) is 12.1. The van der Waals surface area contributed by atoms with Gasteiger partial charge in [0.25, 0.3) is 0 Å². The number of nitriles is 1. The Morgan fingerprint density at radius 1 is 1.17 bits per heavy atom. The highest BCUT2D eigenvalue weighted by atomic mass is 32.2. The molecule has 0 aliphatic heterocycles. The lowest BCUT2D eigenvalue weighted by Gasteiger charge is -2.01. The van der Waals surface area contributed by atoms with Crippen LogP contribution in [0, 0.1) is 11.3 Å². The van der Waals surface area contributed by atoms with Crippen LogP contribution >= 0.6 is 11.3 Å². The lowest BCUT2D eigenvalue weighted by molar-refractivity contribution is 0.603. The van der Waals surface area contributed by atoms with Crippen molar-refractivity contribution >= 4 is 27.3 Å². The maximum Gasteiger partial charge on any atom is 0.216 e. The molecule has 0 bridgehead atoms. The van der Waals surface area contributed by atoms with Crippen molar-refractivity contribution < 1.29 is 8.42 Å². The standard InChI is InChI=1S/C13H9NO2S2/c14-10-13(9-11-5-4-8-17-11)18(15,16)12-6-2-1-3-7-12/h1-9H/b13-9+. The molecule has 1 heterocycles. The van der Waals surface area contributed by atoms with E-state index in [-0.39, 0.29) is 9.80 Å². The highest BCUT2D eigenvalue weighted by Gasteiger charge is 2.20. The molecule has 2 rings (SSSR count). The Bertz CT molecular complexity index is 693. The minimum atomic E-state index is -3.72. The van der Waals surface area contributed by atoms with E-state index >= 15 is 0 Å². The molecule has 0 radical (unpaired) electrons. The topological polar surface area (TPSA) is 57.9 Å². The predicted molar refractivity (Wildman–Crippen MR) is 71.5 cm³/mol. The number of benzene rings is 1. The highest BCUT2D eigenvalue weighted by molar-refractivity contribution is 7.95. The summed E-state index contributed by atoms with van der Waals surface area (Å²) in [4.78, 5) is 0.636. The number of nitrogens with zero attached hydrogens (tertiary/aromatic N) is 1. The summed E-state index contributed by atoms with van der Waals surface area (Å²) in [6, 6.07) is 13.3. The number of allylic oxidation sites excluding steroid dienone is 1. The van der Waals surface area contributed by atoms with E-state index in [0.29, 0.717) is 0 Å². The molecular weight excluding hydrogens is 266 g/mol. The molecule has 0 amide bonds. The molecule has 5 heteroatoms. The second-order valence-electron chi connectivity index (χ2n) is 3.45. The number of hydrogen-bond acceptors (Lipinski definition) is 4. The van der Waals surface area contributed by atoms with Crippen LogP contribution < -0.4 is 0 Å². The van der Waals surface area contributed by atoms with Crippen molar-refractivity contribution in [3.63, 3.8) is 0 Å². The van der Waals surface area contributed by atoms with Crippen LogP contribution in [-0.2, 0) is 9.84 Å². The molecule has 0 fully saturated rings. The van der Waals surface area contributed by atoms with Crippen LogP contribution in [0.5, 0.6) is 0 Å². The average Bonchev–Trinajstić information content (AvgIpc) is 2.89. The largest absolute Gasteiger partial charge is 0.218 e. The van der Waals surface area contributed by atoms with E-state index in [1.165, 1.54) is 29.5 Å². The molecule has 0 spiro atoms. The molecule has 3 nitrogen and oxygen atoms in total. The van der Waals surface area contributed by atoms with Gasteiger partial charge in [0.1, 0.15) is 6.07 Å². The first-order valence-corrected chi connectivity index (χ1v) is 7.46. The molecule has 1 aromatic carbocycles. The summed E-state index contributed by atoms with van der Waals surface area (Å²) in [5, 5.41) is 10.9. The fourth-order valence-corrected chi connectivity index (χ4v) is 3.30. The van der Waals surface area contributed by atoms with E-state index in [9.17, 15) is 8.42 Å². The Morgan fingerprint density at radius 3 is 2.44 bits per heavy atom. The summed E-state index contributed by atoms with van der Waals surface area (Å²) in [5.41, 5.74) is 0. The monoisotopic (exact) mass is 275 g/mol. The van der Waals surface area contributed by atoms with Crippen molar-refractivity contribution in [2.24, 2.45) is 0 Å². The van der Waals surface area contributed by atoms with E-state index in [1.54, 1.807) is 36.4 Å². The smallest absolute Gasteiger partial charge is 0.216 e. The Morgan fingerprint density at radius 2 is 1.89 bits per heavy atom. The maximum atomic E-state index is 12.2. The van der Waals surface area contributed by atoms with E-state index in [0.717, 1.165) is 4.88 Å². The van der Waals surface area contributed by atoms with Gasteiger partial charge in [-0.2, -0.15) is 5.26 Å². The van der Waals surface area contributed by atoms with Crippen LogP contribution in [0.4, 0.5) is 0 Å². The summed E-state index contributed by atoms with van der Waals surface area (Å²) in [7, 11) is -3.72. The van der Waals surface area contributed by atoms with Crippen molar-refractivity contribution in [2.75, 3.05) is 0 Å². The minimum absolute atomic E-state index is 0.134. The Kier molecular flexibility index (Phi) is 3.60. The first-order chi connectivity index (χ1) is 8.64. The van der Waals surface area contributed by atoms with Gasteiger partial charge in [-0.25, -0.2) is 8.42 Å². The minimum Gasteiger partial charge on any atom is -0.218 e. The van der Waals surface area contributed by atoms with Crippen molar-refractivity contribution in [3.8, 4) is 6.07 Å². The van der Waals surface area contributed by atoms with Crippen LogP contribution in [0.1, 0.15) is 4.88 Å². The van der Waals surface area contributed by atoms with Crippen molar-refractivity contribution in [1.29, 1.82) is 5.26 Å². The number of thiophene rings is 1. The van der Waals surface area contributed by atoms with Crippen LogP contribution in [0.15, 0.2) is 57.6 Å². The van der Waals surface area contributed by atoms with Crippen molar-refractivity contribution in [3.05, 3.63) is 57.6 Å². The lowest BCUT2D eigenvalue weighted by Crippen LogP contribution is -2.02. The van der Waals surface area contributed by atoms with Gasteiger partial charge in [-0.1, -0.05) is 24.3 Å². The van der Waals surface area contributed by atoms with Gasteiger partial charge < -0.3 is 0 Å². The maximum absolute atomic E-state index is 12.2. The molecule has 0 N–H and O–H groups in total. The Balaban J connectivity index is 2.50. The molecule has 2 aromatic rings. The zero-order chi connectivity index (χ0) is 13.0. The Hall–Kier alpha value is -1.90. The van der Waals surface area contributed by atoms with Crippen LogP contribution in [0.3, 0.4) is 0 Å². The molecule has 0 unspecified atom stereocenters. The third-order valence-corrected chi connectivity index (χ3v) is 4.77. The molecule has 90 valence electrons. The molecule has 0 aliphatic rings. The van der Waals surface area contributed by atoms with Crippen molar-refractivity contribution in [2.45, 2.75) is 4.90 Å². The van der Waals surface area contributed by atoms with Gasteiger partial charge in [-0.15, -0.1) is 11.3 Å². The SMILES string of the molecule is N#C/C(=C\c1cccs1)S(=O)(=O)c1ccccc1. The zero-order valence-electron chi connectivity index (χ0n) is 9.28. The molecule has 0 atom stereocenters. The lowest BCUT2D eigenvalue weighted by atomic mass is 10.4. The summed E-state index contributed by atoms with van der Waals surface area (Å²) < 4.78 is 24.4. The summed E-state index contributed by atoms with van der Waals surface area (Å²) >= 11 is 1.39. The van der Waals surface area contributed by atoms with Gasteiger partial charge >= 0.3 is 0 Å². The third-order valence-electron chi connectivity index (χ3n) is 2.27. The quantitative estimate of drug-likeness (QED) is 0.809. The molecule has 0 aliphatic carbocycles. The van der Waals surface area contributed by atoms with Crippen LogP contribution in [0.2, 0.25) is 0 Å². The molecule has 0 saturated heterocycles. The van der Waals surface area contributed by atoms with E-state index in [4.69, 9.17) is 5.26 Å². The number of hydrogen-bond donors (Lipinski definition) is 0. The second kappa shape index (κ2) is 5.17. The molecule has 18 heavy (non-hydrogen) atoms. The summed E-state index contributed by atoms with van der Waals surface area (Å²) in [6.07, 6.45) is 1.40. The van der Waals surface area contributed by atoms with Gasteiger partial charge in [0.05, 0.1) is 4.90 Å². The van der Waals surface area contributed by atoms with Crippen LogP contribution in [-0.4, -0.2) is 8.42 Å². The second-order valence-corrected chi connectivity index (χ2v) is 6.35. The van der Waals surface area contributed by atoms with Gasteiger partial charge in [-0.3, -0.25) is 0 Å². The third kappa shape index (κ3) is 2.50. The first kappa shape index (κ1) is 12.6. The molecule has 1 aromatic heterocycles. The van der Waals surface area contributed by atoms with Crippen molar-refractivity contribution in [1.82, 2.24) is 0 Å². The average molecular weight is 275 g/mol. The van der Waals surface area contributed by atoms with E-state index < -0.39 is 9.84 Å². The first-order valence-electron chi connectivity index (χ1n) is 5.10. The van der Waals surface area contributed by atoms with Gasteiger partial charge in [0.2, 0.25) is 9.84 Å².